The smallest absolute Gasteiger partial charge is 0.134 e. The van der Waals surface area contributed by atoms with Gasteiger partial charge in [0.2, 0.25) is 0 Å². The Kier molecular flexibility index (Phi) is 4.28. The van der Waals surface area contributed by atoms with Gasteiger partial charge in [-0.05, 0) is 46.3 Å². The van der Waals surface area contributed by atoms with Crippen LogP contribution in [0.5, 0.6) is 5.75 Å². The van der Waals surface area contributed by atoms with Crippen molar-refractivity contribution in [2.45, 2.75) is 13.2 Å². The normalized spacial score (nSPS) is 10.4. The molecule has 0 unspecified atom stereocenters. The van der Waals surface area contributed by atoms with Gasteiger partial charge in [-0.15, -0.1) is 0 Å². The number of hydrogen-bond donors (Lipinski definition) is 1. The van der Waals surface area contributed by atoms with Gasteiger partial charge in [0.15, 0.2) is 0 Å². The molecule has 1 heterocycles. The van der Waals surface area contributed by atoms with Crippen LogP contribution >= 0.6 is 15.9 Å². The van der Waals surface area contributed by atoms with Crippen molar-refractivity contribution in [3.05, 3.63) is 58.1 Å². The number of aromatic nitrogens is 1. The summed E-state index contributed by atoms with van der Waals surface area (Å²) in [6.07, 6.45) is 0. The minimum absolute atomic E-state index is 0.308. The number of hydrogen-bond acceptors (Lipinski definition) is 3. The lowest BCUT2D eigenvalue weighted by Crippen LogP contribution is -2.04. The van der Waals surface area contributed by atoms with E-state index in [4.69, 9.17) is 10.5 Å². The zero-order valence-corrected chi connectivity index (χ0v) is 11.2. The molecule has 0 radical (unpaired) electrons. The molecule has 3 nitrogen and oxygen atoms in total. The Bertz CT molecular complexity index is 548. The van der Waals surface area contributed by atoms with E-state index >= 15 is 0 Å². The van der Waals surface area contributed by atoms with Gasteiger partial charge in [0.25, 0.3) is 0 Å². The van der Waals surface area contributed by atoms with Crippen LogP contribution in [-0.4, -0.2) is 4.98 Å². The number of halogens is 2. The molecule has 1 aromatic carbocycles. The van der Waals surface area contributed by atoms with Gasteiger partial charge in [0, 0.05) is 6.54 Å². The van der Waals surface area contributed by atoms with Crippen LogP contribution < -0.4 is 10.5 Å². The molecule has 2 aromatic rings. The summed E-state index contributed by atoms with van der Waals surface area (Å²) in [7, 11) is 0. The quantitative estimate of drug-likeness (QED) is 0.944. The minimum Gasteiger partial charge on any atom is -0.486 e. The third kappa shape index (κ3) is 3.27. The summed E-state index contributed by atoms with van der Waals surface area (Å²) < 4.78 is 19.0. The lowest BCUT2D eigenvalue weighted by Gasteiger charge is -2.08. The predicted molar refractivity (Wildman–Crippen MR) is 70.6 cm³/mol. The molecule has 0 aliphatic rings. The molecular formula is C13H12BrFN2O. The van der Waals surface area contributed by atoms with Crippen molar-refractivity contribution < 1.29 is 9.13 Å². The summed E-state index contributed by atoms with van der Waals surface area (Å²) in [5.41, 5.74) is 7.11. The second kappa shape index (κ2) is 5.93. The van der Waals surface area contributed by atoms with E-state index in [1.54, 1.807) is 6.07 Å². The molecule has 18 heavy (non-hydrogen) atoms. The molecule has 0 atom stereocenters. The third-order valence-electron chi connectivity index (χ3n) is 2.34. The molecule has 1 aromatic heterocycles. The molecular weight excluding hydrogens is 299 g/mol. The van der Waals surface area contributed by atoms with E-state index in [1.165, 1.54) is 12.1 Å². The molecule has 0 fully saturated rings. The highest BCUT2D eigenvalue weighted by molar-refractivity contribution is 9.10. The van der Waals surface area contributed by atoms with Gasteiger partial charge in [-0.3, -0.25) is 4.98 Å². The van der Waals surface area contributed by atoms with E-state index in [-0.39, 0.29) is 5.82 Å². The maximum Gasteiger partial charge on any atom is 0.134 e. The first-order valence-corrected chi connectivity index (χ1v) is 6.21. The number of nitrogens with two attached hydrogens (primary N) is 1. The number of benzene rings is 1. The number of pyridine rings is 1. The predicted octanol–water partition coefficient (Wildman–Crippen LogP) is 3.02. The number of nitrogens with zero attached hydrogens (tertiary/aromatic N) is 1. The molecule has 2 N–H and O–H groups in total. The summed E-state index contributed by atoms with van der Waals surface area (Å²) >= 11 is 3.24. The molecule has 0 bridgehead atoms. The van der Waals surface area contributed by atoms with E-state index in [0.29, 0.717) is 23.4 Å². The van der Waals surface area contributed by atoms with E-state index in [0.717, 1.165) is 11.4 Å². The second-order valence-electron chi connectivity index (χ2n) is 3.69. The topological polar surface area (TPSA) is 48.1 Å². The SMILES string of the molecule is NCc1cccc(COc2ccc(F)cc2Br)n1. The highest BCUT2D eigenvalue weighted by atomic mass is 79.9. The average Bonchev–Trinajstić information content (AvgIpc) is 2.38. The Hall–Kier alpha value is -1.46. The molecule has 94 valence electrons. The van der Waals surface area contributed by atoms with Crippen molar-refractivity contribution in [2.24, 2.45) is 5.73 Å². The zero-order chi connectivity index (χ0) is 13.0. The highest BCUT2D eigenvalue weighted by Gasteiger charge is 2.04. The highest BCUT2D eigenvalue weighted by Crippen LogP contribution is 2.26. The Morgan fingerprint density at radius 3 is 2.72 bits per heavy atom. The van der Waals surface area contributed by atoms with Crippen molar-refractivity contribution in [2.75, 3.05) is 0 Å². The largest absolute Gasteiger partial charge is 0.486 e. The molecule has 0 amide bonds. The first kappa shape index (κ1) is 13.0. The van der Waals surface area contributed by atoms with Crippen molar-refractivity contribution in [1.29, 1.82) is 0 Å². The van der Waals surface area contributed by atoms with E-state index in [2.05, 4.69) is 20.9 Å². The minimum atomic E-state index is -0.308. The van der Waals surface area contributed by atoms with Gasteiger partial charge >= 0.3 is 0 Å². The summed E-state index contributed by atoms with van der Waals surface area (Å²) in [4.78, 5) is 4.31. The Morgan fingerprint density at radius 2 is 2.00 bits per heavy atom. The van der Waals surface area contributed by atoms with Gasteiger partial charge in [0.1, 0.15) is 18.2 Å². The van der Waals surface area contributed by atoms with Gasteiger partial charge in [-0.1, -0.05) is 6.07 Å². The van der Waals surface area contributed by atoms with E-state index in [1.807, 2.05) is 18.2 Å². The molecule has 5 heteroatoms. The van der Waals surface area contributed by atoms with Crippen LogP contribution in [-0.2, 0) is 13.2 Å². The monoisotopic (exact) mass is 310 g/mol. The molecule has 0 saturated heterocycles. The van der Waals surface area contributed by atoms with E-state index < -0.39 is 0 Å². The summed E-state index contributed by atoms with van der Waals surface area (Å²) in [5, 5.41) is 0. The first-order valence-electron chi connectivity index (χ1n) is 5.42. The number of rotatable bonds is 4. The van der Waals surface area contributed by atoms with Crippen LogP contribution in [0.4, 0.5) is 4.39 Å². The maximum absolute atomic E-state index is 12.9. The van der Waals surface area contributed by atoms with Crippen LogP contribution in [0.1, 0.15) is 11.4 Å². The summed E-state index contributed by atoms with van der Waals surface area (Å²) in [5.74, 6) is 0.272. The molecule has 0 aliphatic carbocycles. The van der Waals surface area contributed by atoms with Crippen molar-refractivity contribution in [3.63, 3.8) is 0 Å². The van der Waals surface area contributed by atoms with E-state index in [9.17, 15) is 4.39 Å². The van der Waals surface area contributed by atoms with Crippen molar-refractivity contribution >= 4 is 15.9 Å². The fourth-order valence-corrected chi connectivity index (χ4v) is 1.93. The van der Waals surface area contributed by atoms with Crippen LogP contribution in [0.2, 0.25) is 0 Å². The van der Waals surface area contributed by atoms with Gasteiger partial charge < -0.3 is 10.5 Å². The Labute approximate surface area is 113 Å². The Morgan fingerprint density at radius 1 is 1.22 bits per heavy atom. The zero-order valence-electron chi connectivity index (χ0n) is 9.57. The molecule has 0 saturated carbocycles. The summed E-state index contributed by atoms with van der Waals surface area (Å²) in [6.45, 7) is 0.714. The summed E-state index contributed by atoms with van der Waals surface area (Å²) in [6, 6.07) is 9.89. The molecule has 0 aliphatic heterocycles. The third-order valence-corrected chi connectivity index (χ3v) is 2.96. The first-order chi connectivity index (χ1) is 8.69. The molecule has 2 rings (SSSR count). The second-order valence-corrected chi connectivity index (χ2v) is 4.54. The van der Waals surface area contributed by atoms with Crippen molar-refractivity contribution in [3.8, 4) is 5.75 Å². The van der Waals surface area contributed by atoms with Crippen LogP contribution in [0, 0.1) is 5.82 Å². The van der Waals surface area contributed by atoms with Gasteiger partial charge in [-0.25, -0.2) is 4.39 Å². The van der Waals surface area contributed by atoms with Gasteiger partial charge in [-0.2, -0.15) is 0 Å². The number of ether oxygens (including phenoxy) is 1. The lowest BCUT2D eigenvalue weighted by molar-refractivity contribution is 0.298. The fraction of sp³-hybridized carbons (Fsp3) is 0.154. The van der Waals surface area contributed by atoms with Crippen LogP contribution in [0.25, 0.3) is 0 Å². The molecule has 0 spiro atoms. The lowest BCUT2D eigenvalue weighted by atomic mass is 10.3. The average molecular weight is 311 g/mol. The van der Waals surface area contributed by atoms with Gasteiger partial charge in [0.05, 0.1) is 15.9 Å². The fourth-order valence-electron chi connectivity index (χ4n) is 1.47. The van der Waals surface area contributed by atoms with Crippen LogP contribution in [0.15, 0.2) is 40.9 Å². The Balaban J connectivity index is 2.06. The van der Waals surface area contributed by atoms with Crippen LogP contribution in [0.3, 0.4) is 0 Å². The maximum atomic E-state index is 12.9. The van der Waals surface area contributed by atoms with Crippen molar-refractivity contribution in [1.82, 2.24) is 4.98 Å². The standard InChI is InChI=1S/C13H12BrFN2O/c14-12-6-9(15)4-5-13(12)18-8-11-3-1-2-10(7-16)17-11/h1-6H,7-8,16H2.